The normalized spacial score (nSPS) is 18.4. The topological polar surface area (TPSA) is 115 Å². The lowest BCUT2D eigenvalue weighted by molar-refractivity contribution is -0.582. The highest BCUT2D eigenvalue weighted by Crippen LogP contribution is 2.48. The Morgan fingerprint density at radius 2 is 1.70 bits per heavy atom. The van der Waals surface area contributed by atoms with Gasteiger partial charge in [-0.15, -0.1) is 0 Å². The summed E-state index contributed by atoms with van der Waals surface area (Å²) in [5, 5.41) is 12.0. The zero-order valence-electron chi connectivity index (χ0n) is 21.1. The summed E-state index contributed by atoms with van der Waals surface area (Å²) in [6, 6.07) is 4.61. The molecule has 12 heteroatoms. The molecule has 0 N–H and O–H groups in total. The molecule has 4 aliphatic rings. The maximum absolute atomic E-state index is 15.7. The summed E-state index contributed by atoms with van der Waals surface area (Å²) in [6.45, 7) is 3.99. The maximum atomic E-state index is 15.7. The predicted octanol–water partition coefficient (Wildman–Crippen LogP) is 2.30. The van der Waals surface area contributed by atoms with Crippen molar-refractivity contribution in [2.75, 3.05) is 31.1 Å². The molecule has 2 aromatic rings. The van der Waals surface area contributed by atoms with Crippen LogP contribution in [0.3, 0.4) is 0 Å². The van der Waals surface area contributed by atoms with Crippen LogP contribution >= 0.6 is 0 Å². The van der Waals surface area contributed by atoms with E-state index in [1.165, 1.54) is 24.3 Å². The first kappa shape index (κ1) is 27.3. The van der Waals surface area contributed by atoms with Gasteiger partial charge < -0.3 is 14.8 Å². The number of hydrogen-bond acceptors (Lipinski definition) is 7. The summed E-state index contributed by atoms with van der Waals surface area (Å²) < 4.78 is 74.9. The van der Waals surface area contributed by atoms with Crippen molar-refractivity contribution in [2.45, 2.75) is 24.7 Å². The van der Waals surface area contributed by atoms with E-state index in [0.29, 0.717) is 11.4 Å². The maximum Gasteiger partial charge on any atom is 0.373 e. The number of carboxylic acid groups (broad SMARTS) is 1. The number of rotatable bonds is 3. The molecule has 0 aromatic heterocycles. The van der Waals surface area contributed by atoms with Crippen LogP contribution in [0.1, 0.15) is 39.9 Å². The largest absolute Gasteiger partial charge is 0.545 e. The molecule has 3 aliphatic heterocycles. The highest BCUT2D eigenvalue weighted by atomic mass is 32.2. The highest BCUT2D eigenvalue weighted by molar-refractivity contribution is 7.95. The third-order valence-electron chi connectivity index (χ3n) is 7.48. The van der Waals surface area contributed by atoms with E-state index in [1.807, 2.05) is 9.48 Å². The summed E-state index contributed by atoms with van der Waals surface area (Å²) in [6.07, 6.45) is 6.77. The van der Waals surface area contributed by atoms with Crippen LogP contribution in [0.4, 0.5) is 18.9 Å². The zero-order chi connectivity index (χ0) is 28.9. The van der Waals surface area contributed by atoms with Crippen LogP contribution in [0.25, 0.3) is 5.57 Å². The van der Waals surface area contributed by atoms with Gasteiger partial charge in [-0.2, -0.15) is 9.59 Å². The number of aromatic carboxylic acids is 1. The average Bonchev–Trinajstić information content (AvgIpc) is 2.84. The zero-order valence-corrected chi connectivity index (χ0v) is 21.9. The van der Waals surface area contributed by atoms with Gasteiger partial charge in [0.15, 0.2) is 11.6 Å². The van der Waals surface area contributed by atoms with Crippen LogP contribution in [0, 0.1) is 24.4 Å². The van der Waals surface area contributed by atoms with Gasteiger partial charge in [-0.05, 0) is 31.6 Å². The molecular weight excluding hydrogens is 549 g/mol. The molecule has 0 spiro atoms. The number of halogens is 3. The molecular formula is C28H21F3N2O6S. The van der Waals surface area contributed by atoms with E-state index in [4.69, 9.17) is 9.59 Å². The number of benzene rings is 2. The van der Waals surface area contributed by atoms with Crippen molar-refractivity contribution in [3.63, 3.8) is 0 Å². The molecule has 2 aromatic carbocycles. The monoisotopic (exact) mass is 570 g/mol. The first-order valence-electron chi connectivity index (χ1n) is 12.3. The van der Waals surface area contributed by atoms with Gasteiger partial charge in [-0.25, -0.2) is 26.2 Å². The van der Waals surface area contributed by atoms with Crippen molar-refractivity contribution in [2.24, 2.45) is 0 Å². The molecule has 0 amide bonds. The smallest absolute Gasteiger partial charge is 0.373 e. The number of carbonyl (C=O) groups excluding carboxylic acids is 3. The van der Waals surface area contributed by atoms with E-state index in [2.05, 4.69) is 0 Å². The third-order valence-corrected chi connectivity index (χ3v) is 9.32. The second kappa shape index (κ2) is 10.0. The van der Waals surface area contributed by atoms with E-state index in [-0.39, 0.29) is 32.7 Å². The molecule has 2 fully saturated rings. The first-order chi connectivity index (χ1) is 19.0. The molecule has 3 heterocycles. The Kier molecular flexibility index (Phi) is 6.85. The van der Waals surface area contributed by atoms with Gasteiger partial charge in [0, 0.05) is 64.3 Å². The Bertz CT molecular complexity index is 1760. The van der Waals surface area contributed by atoms with Crippen molar-refractivity contribution < 1.29 is 45.7 Å². The number of carbonyl (C=O) groups is 1. The fourth-order valence-electron chi connectivity index (χ4n) is 5.16. The van der Waals surface area contributed by atoms with Crippen molar-refractivity contribution >= 4 is 38.9 Å². The third kappa shape index (κ3) is 4.11. The van der Waals surface area contributed by atoms with Gasteiger partial charge in [-0.1, -0.05) is 6.07 Å². The van der Waals surface area contributed by atoms with E-state index in [0.717, 1.165) is 45.9 Å². The molecule has 0 unspecified atom stereocenters. The number of allylic oxidation sites excluding steroid dienone is 4. The summed E-state index contributed by atoms with van der Waals surface area (Å²) >= 11 is 0. The minimum Gasteiger partial charge on any atom is -0.545 e. The van der Waals surface area contributed by atoms with Crippen LogP contribution in [-0.2, 0) is 19.4 Å². The van der Waals surface area contributed by atoms with E-state index < -0.39 is 49.9 Å². The quantitative estimate of drug-likeness (QED) is 0.411. The van der Waals surface area contributed by atoms with Gasteiger partial charge in [0.05, 0.1) is 22.2 Å². The van der Waals surface area contributed by atoms with Gasteiger partial charge >= 0.3 is 6.15 Å². The second-order valence-corrected chi connectivity index (χ2v) is 11.5. The minimum absolute atomic E-state index is 0.0141. The van der Waals surface area contributed by atoms with Crippen LogP contribution in [0.5, 0.6) is 0 Å². The molecule has 40 heavy (non-hydrogen) atoms. The van der Waals surface area contributed by atoms with E-state index >= 15 is 4.39 Å². The highest BCUT2D eigenvalue weighted by Gasteiger charge is 2.40. The molecule has 0 atom stereocenters. The van der Waals surface area contributed by atoms with Crippen LogP contribution in [0.15, 0.2) is 51.8 Å². The van der Waals surface area contributed by atoms with Crippen LogP contribution in [-0.4, -0.2) is 57.0 Å². The van der Waals surface area contributed by atoms with Crippen molar-refractivity contribution in [3.8, 4) is 0 Å². The number of fused-ring (bicyclic) bond motifs is 2. The predicted molar refractivity (Wildman–Crippen MR) is 134 cm³/mol. The second-order valence-electron chi connectivity index (χ2n) is 9.61. The fourth-order valence-corrected chi connectivity index (χ4v) is 6.87. The van der Waals surface area contributed by atoms with Crippen molar-refractivity contribution in [1.82, 2.24) is 0 Å². The van der Waals surface area contributed by atoms with Crippen LogP contribution in [0.2, 0.25) is 0 Å². The van der Waals surface area contributed by atoms with Crippen LogP contribution < -0.4 is 10.0 Å². The lowest BCUT2D eigenvalue weighted by atomic mass is 9.85. The molecule has 6 rings (SSSR count). The standard InChI is InChI=1S/C27H21F3N2O4S.CO2/c1-14-24(28)22(23(27(33)34)26(30)25(14)29)21-17-6-4-15(31-8-2-9-31)12-19(17)37(35,36)20-13-16(5-7-18(20)21)32-10-3-11-32;2-1-3/h4-7,12-13H,2-3,8-11H2,1H3;. The Morgan fingerprint density at radius 1 is 1.02 bits per heavy atom. The Balaban J connectivity index is 0.00000103. The summed E-state index contributed by atoms with van der Waals surface area (Å²) in [7, 11) is -4.12. The lowest BCUT2D eigenvalue weighted by Gasteiger charge is -2.35. The number of sulfone groups is 1. The summed E-state index contributed by atoms with van der Waals surface area (Å²) in [5.41, 5.74) is -1.54. The number of carboxylic acids is 1. The number of anilines is 1. The number of hydrogen-bond donors (Lipinski definition) is 0. The van der Waals surface area contributed by atoms with E-state index in [1.54, 1.807) is 12.1 Å². The molecule has 1 aliphatic carbocycles. The van der Waals surface area contributed by atoms with Crippen molar-refractivity contribution in [3.05, 3.63) is 86.6 Å². The molecule has 2 saturated heterocycles. The Morgan fingerprint density at radius 3 is 2.25 bits per heavy atom. The minimum atomic E-state index is -4.12. The van der Waals surface area contributed by atoms with Gasteiger partial charge in [-0.3, -0.25) is 0 Å². The van der Waals surface area contributed by atoms with Gasteiger partial charge in [0.25, 0.3) is 0 Å². The molecule has 8 nitrogen and oxygen atoms in total. The Hall–Kier alpha value is -4.28. The van der Waals surface area contributed by atoms with Gasteiger partial charge in [0.2, 0.25) is 15.5 Å². The molecule has 0 radical (unpaired) electrons. The average molecular weight is 571 g/mol. The first-order valence-corrected chi connectivity index (χ1v) is 13.8. The lowest BCUT2D eigenvalue weighted by Crippen LogP contribution is -2.37. The fraction of sp³-hybridized carbons (Fsp3) is 0.250. The molecule has 0 bridgehead atoms. The van der Waals surface area contributed by atoms with E-state index in [9.17, 15) is 27.1 Å². The molecule has 206 valence electrons. The summed E-state index contributed by atoms with van der Waals surface area (Å²) in [5.74, 6) is -6.79. The van der Waals surface area contributed by atoms with Gasteiger partial charge in [0.1, 0.15) is 18.9 Å². The Labute approximate surface area is 227 Å². The van der Waals surface area contributed by atoms with Crippen molar-refractivity contribution in [1.29, 1.82) is 0 Å². The molecule has 0 saturated carbocycles. The SMILES string of the molecule is Cc1c(F)c(F)c(C(=O)[O-])c(C2=C3C=CC(=[N+]4CCC4)C=C3S(=O)(=O)c3cc(N4CCC4)ccc32)c1F.O=C=O. The number of nitrogens with zero attached hydrogens (tertiary/aromatic N) is 2. The summed E-state index contributed by atoms with van der Waals surface area (Å²) in [4.78, 5) is 29.9.